The highest BCUT2D eigenvalue weighted by molar-refractivity contribution is 7.07. The summed E-state index contributed by atoms with van der Waals surface area (Å²) in [7, 11) is 1.56. The van der Waals surface area contributed by atoms with Gasteiger partial charge in [0.1, 0.15) is 17.5 Å². The van der Waals surface area contributed by atoms with Gasteiger partial charge in [0, 0.05) is 18.1 Å². The molecule has 3 aromatic carbocycles. The lowest BCUT2D eigenvalue weighted by Gasteiger charge is -2.27. The molecule has 0 saturated heterocycles. The van der Waals surface area contributed by atoms with Gasteiger partial charge in [-0.25, -0.2) is 9.79 Å². The fourth-order valence-electron chi connectivity index (χ4n) is 4.79. The molecular weight excluding hydrogens is 516 g/mol. The predicted octanol–water partition coefficient (Wildman–Crippen LogP) is 3.89. The number of fused-ring (bicyclic) bond motifs is 2. The SMILES string of the molecule is CCOC(=O)C1=C(C)N=c2s/c(=C\c3ccccc3OC(C)=O)c(=O)n2[C@@H]1c1c(OC)ccc2ccccc12. The molecular formula is C30H26N2O6S. The van der Waals surface area contributed by atoms with Crippen LogP contribution in [-0.4, -0.2) is 30.2 Å². The van der Waals surface area contributed by atoms with Crippen molar-refractivity contribution in [1.82, 2.24) is 4.57 Å². The summed E-state index contributed by atoms with van der Waals surface area (Å²) < 4.78 is 18.4. The van der Waals surface area contributed by atoms with Crippen LogP contribution in [0.25, 0.3) is 16.8 Å². The second-order valence-electron chi connectivity index (χ2n) is 8.84. The molecule has 0 unspecified atom stereocenters. The molecule has 1 aromatic heterocycles. The summed E-state index contributed by atoms with van der Waals surface area (Å²) in [4.78, 5) is 44.1. The van der Waals surface area contributed by atoms with Crippen molar-refractivity contribution in [2.45, 2.75) is 26.8 Å². The second kappa shape index (κ2) is 10.7. The topological polar surface area (TPSA) is 96.2 Å². The minimum absolute atomic E-state index is 0.173. The summed E-state index contributed by atoms with van der Waals surface area (Å²) in [6.45, 7) is 4.97. The molecule has 1 aliphatic heterocycles. The van der Waals surface area contributed by atoms with Crippen LogP contribution >= 0.6 is 11.3 Å². The lowest BCUT2D eigenvalue weighted by molar-refractivity contribution is -0.139. The summed E-state index contributed by atoms with van der Waals surface area (Å²) in [5.74, 6) is -0.139. The summed E-state index contributed by atoms with van der Waals surface area (Å²) in [5, 5.41) is 1.77. The minimum Gasteiger partial charge on any atom is -0.496 e. The van der Waals surface area contributed by atoms with Crippen molar-refractivity contribution >= 4 is 40.1 Å². The summed E-state index contributed by atoms with van der Waals surface area (Å²) in [5.41, 5.74) is 1.62. The number of carbonyl (C=O) groups is 2. The van der Waals surface area contributed by atoms with Crippen LogP contribution in [0.5, 0.6) is 11.5 Å². The van der Waals surface area contributed by atoms with Gasteiger partial charge in [0.15, 0.2) is 4.80 Å². The summed E-state index contributed by atoms with van der Waals surface area (Å²) in [6.07, 6.45) is 1.67. The first-order valence-electron chi connectivity index (χ1n) is 12.4. The fourth-order valence-corrected chi connectivity index (χ4v) is 5.83. The van der Waals surface area contributed by atoms with E-state index in [1.807, 2.05) is 36.4 Å². The number of hydrogen-bond acceptors (Lipinski definition) is 8. The molecule has 0 N–H and O–H groups in total. The van der Waals surface area contributed by atoms with Gasteiger partial charge in [0.25, 0.3) is 5.56 Å². The number of rotatable bonds is 6. The number of hydrogen-bond donors (Lipinski definition) is 0. The third-order valence-corrected chi connectivity index (χ3v) is 7.38. The summed E-state index contributed by atoms with van der Waals surface area (Å²) >= 11 is 1.19. The Morgan fingerprint density at radius 3 is 2.54 bits per heavy atom. The van der Waals surface area contributed by atoms with E-state index in [1.165, 1.54) is 22.8 Å². The van der Waals surface area contributed by atoms with Crippen LogP contribution < -0.4 is 24.4 Å². The predicted molar refractivity (Wildman–Crippen MR) is 149 cm³/mol. The maximum absolute atomic E-state index is 14.1. The molecule has 4 aromatic rings. The van der Waals surface area contributed by atoms with E-state index in [-0.39, 0.29) is 17.7 Å². The Hall–Kier alpha value is -4.50. The number of ether oxygens (including phenoxy) is 3. The van der Waals surface area contributed by atoms with Crippen LogP contribution in [-0.2, 0) is 14.3 Å². The first kappa shape index (κ1) is 26.1. The van der Waals surface area contributed by atoms with Crippen LogP contribution in [0.4, 0.5) is 0 Å². The number of benzene rings is 3. The second-order valence-corrected chi connectivity index (χ2v) is 9.85. The van der Waals surface area contributed by atoms with E-state index in [4.69, 9.17) is 14.2 Å². The average molecular weight is 543 g/mol. The van der Waals surface area contributed by atoms with Crippen LogP contribution in [0.1, 0.15) is 37.9 Å². The smallest absolute Gasteiger partial charge is 0.338 e. The Labute approximate surface area is 228 Å². The molecule has 39 heavy (non-hydrogen) atoms. The van der Waals surface area contributed by atoms with E-state index >= 15 is 0 Å². The normalized spacial score (nSPS) is 15.1. The van der Waals surface area contributed by atoms with Crippen molar-refractivity contribution in [3.8, 4) is 11.5 Å². The molecule has 0 fully saturated rings. The standard InChI is InChI=1S/C30H26N2O6S/c1-5-37-29(35)25-17(2)31-30-32(27(25)26-21-12-8-6-10-19(21)14-15-23(26)36-4)28(34)24(39-30)16-20-11-7-9-13-22(20)38-18(3)33/h6-16,27H,5H2,1-4H3/b24-16-/t27-/m0/s1. The zero-order chi connectivity index (χ0) is 27.7. The molecule has 0 radical (unpaired) electrons. The van der Waals surface area contributed by atoms with E-state index in [1.54, 1.807) is 51.3 Å². The Morgan fingerprint density at radius 2 is 1.79 bits per heavy atom. The van der Waals surface area contributed by atoms with E-state index in [2.05, 4.69) is 4.99 Å². The van der Waals surface area contributed by atoms with E-state index in [0.29, 0.717) is 37.7 Å². The first-order valence-corrected chi connectivity index (χ1v) is 13.2. The molecule has 0 spiro atoms. The molecule has 0 amide bonds. The number of methoxy groups -OCH3 is 1. The number of allylic oxidation sites excluding steroid dienone is 1. The van der Waals surface area contributed by atoms with E-state index in [9.17, 15) is 14.4 Å². The third-order valence-electron chi connectivity index (χ3n) is 6.40. The molecule has 1 aliphatic rings. The Kier molecular flexibility index (Phi) is 7.17. The molecule has 0 bridgehead atoms. The van der Waals surface area contributed by atoms with Crippen LogP contribution in [0.3, 0.4) is 0 Å². The van der Waals surface area contributed by atoms with Gasteiger partial charge in [0.05, 0.1) is 29.5 Å². The molecule has 198 valence electrons. The highest BCUT2D eigenvalue weighted by atomic mass is 32.1. The van der Waals surface area contributed by atoms with E-state index in [0.717, 1.165) is 10.8 Å². The van der Waals surface area contributed by atoms with Crippen LogP contribution in [0, 0.1) is 0 Å². The quantitative estimate of drug-likeness (QED) is 0.271. The molecule has 1 atom stereocenters. The molecule has 5 rings (SSSR count). The highest BCUT2D eigenvalue weighted by Crippen LogP contribution is 2.40. The largest absolute Gasteiger partial charge is 0.496 e. The average Bonchev–Trinajstić information content (AvgIpc) is 3.22. The lowest BCUT2D eigenvalue weighted by atomic mass is 9.90. The lowest BCUT2D eigenvalue weighted by Crippen LogP contribution is -2.40. The summed E-state index contributed by atoms with van der Waals surface area (Å²) in [6, 6.07) is 17.6. The number of aromatic nitrogens is 1. The van der Waals surface area contributed by atoms with Crippen molar-refractivity contribution in [3.63, 3.8) is 0 Å². The maximum Gasteiger partial charge on any atom is 0.338 e. The van der Waals surface area contributed by atoms with Gasteiger partial charge in [-0.1, -0.05) is 59.9 Å². The maximum atomic E-state index is 14.1. The van der Waals surface area contributed by atoms with Crippen LogP contribution in [0.2, 0.25) is 0 Å². The van der Waals surface area contributed by atoms with Gasteiger partial charge >= 0.3 is 11.9 Å². The van der Waals surface area contributed by atoms with Crippen molar-refractivity contribution in [1.29, 1.82) is 0 Å². The van der Waals surface area contributed by atoms with Crippen LogP contribution in [0.15, 0.2) is 81.7 Å². The van der Waals surface area contributed by atoms with E-state index < -0.39 is 18.0 Å². The first-order chi connectivity index (χ1) is 18.8. The fraction of sp³-hybridized carbons (Fsp3) is 0.200. The van der Waals surface area contributed by atoms with Gasteiger partial charge in [-0.05, 0) is 42.8 Å². The Morgan fingerprint density at radius 1 is 1.05 bits per heavy atom. The van der Waals surface area contributed by atoms with Gasteiger partial charge in [0.2, 0.25) is 0 Å². The Bertz CT molecular complexity index is 1830. The Balaban J connectivity index is 1.83. The van der Waals surface area contributed by atoms with Gasteiger partial charge in [-0.3, -0.25) is 14.2 Å². The highest BCUT2D eigenvalue weighted by Gasteiger charge is 2.36. The number of esters is 2. The third kappa shape index (κ3) is 4.77. The zero-order valence-corrected chi connectivity index (χ0v) is 22.7. The molecule has 9 heteroatoms. The number of para-hydroxylation sites is 1. The molecule has 0 aliphatic carbocycles. The van der Waals surface area contributed by atoms with Gasteiger partial charge in [-0.15, -0.1) is 0 Å². The number of thiazole rings is 1. The number of nitrogens with zero attached hydrogens (tertiary/aromatic N) is 2. The zero-order valence-electron chi connectivity index (χ0n) is 21.9. The molecule has 2 heterocycles. The monoisotopic (exact) mass is 542 g/mol. The van der Waals surface area contributed by atoms with Crippen molar-refractivity contribution in [2.24, 2.45) is 4.99 Å². The molecule has 8 nitrogen and oxygen atoms in total. The molecule has 0 saturated carbocycles. The van der Waals surface area contributed by atoms with Crippen molar-refractivity contribution in [3.05, 3.63) is 103 Å². The minimum atomic E-state index is -0.841. The van der Waals surface area contributed by atoms with Gasteiger partial charge in [-0.2, -0.15) is 0 Å². The van der Waals surface area contributed by atoms with Crippen molar-refractivity contribution in [2.75, 3.05) is 13.7 Å². The van der Waals surface area contributed by atoms with Crippen molar-refractivity contribution < 1.29 is 23.8 Å². The number of carbonyl (C=O) groups excluding carboxylic acids is 2. The van der Waals surface area contributed by atoms with Gasteiger partial charge < -0.3 is 14.2 Å².